The molecule has 0 fully saturated rings. The van der Waals surface area contributed by atoms with Gasteiger partial charge in [-0.05, 0) is 36.2 Å². The van der Waals surface area contributed by atoms with Crippen LogP contribution >= 0.6 is 0 Å². The molecule has 0 aliphatic rings. The van der Waals surface area contributed by atoms with Gasteiger partial charge >= 0.3 is 6.09 Å². The molecule has 2 rings (SSSR count). The summed E-state index contributed by atoms with van der Waals surface area (Å²) in [6.07, 6.45) is -0.585. The predicted molar refractivity (Wildman–Crippen MR) is 75.5 cm³/mol. The molecule has 0 saturated carbocycles. The molecule has 0 aromatic heterocycles. The van der Waals surface area contributed by atoms with Gasteiger partial charge in [0, 0.05) is 6.54 Å². The Labute approximate surface area is 112 Å². The summed E-state index contributed by atoms with van der Waals surface area (Å²) in [5.74, 6) is 0. The minimum Gasteiger partial charge on any atom is -0.446 e. The second-order valence-electron chi connectivity index (χ2n) is 4.61. The van der Waals surface area contributed by atoms with Crippen LogP contribution in [-0.4, -0.2) is 12.2 Å². The van der Waals surface area contributed by atoms with Gasteiger partial charge in [0.15, 0.2) is 0 Å². The van der Waals surface area contributed by atoms with Crippen molar-refractivity contribution in [3.8, 4) is 0 Å². The fraction of sp³-hybridized carbons (Fsp3) is 0.267. The lowest BCUT2D eigenvalue weighted by atomic mass is 10.1. The molecule has 0 bridgehead atoms. The number of hydrogen-bond donors (Lipinski definition) is 2. The quantitative estimate of drug-likeness (QED) is 0.829. The van der Waals surface area contributed by atoms with Gasteiger partial charge in [-0.15, -0.1) is 0 Å². The molecular weight excluding hydrogens is 240 g/mol. The van der Waals surface area contributed by atoms with E-state index >= 15 is 0 Å². The molecule has 2 N–H and O–H groups in total. The lowest BCUT2D eigenvalue weighted by Gasteiger charge is -2.10. The number of carbonyl (C=O) groups is 1. The third kappa shape index (κ3) is 3.96. The zero-order valence-corrected chi connectivity index (χ0v) is 11.1. The first kappa shape index (κ1) is 13.4. The molecule has 0 saturated heterocycles. The summed E-state index contributed by atoms with van der Waals surface area (Å²) in [6.45, 7) is 4.17. The minimum atomic E-state index is -0.462. The Morgan fingerprint density at radius 3 is 2.63 bits per heavy atom. The molecular formula is C15H18N2O2. The van der Waals surface area contributed by atoms with E-state index in [9.17, 15) is 4.79 Å². The molecule has 0 atom stereocenters. The van der Waals surface area contributed by atoms with Crippen LogP contribution in [0.2, 0.25) is 0 Å². The molecule has 4 nitrogen and oxygen atoms in total. The normalized spacial score (nSPS) is 10.7. The molecule has 0 spiro atoms. The van der Waals surface area contributed by atoms with Crippen LogP contribution in [-0.2, 0) is 11.3 Å². The first-order chi connectivity index (χ1) is 9.15. The minimum absolute atomic E-state index is 0.123. The first-order valence-corrected chi connectivity index (χ1v) is 6.32. The zero-order chi connectivity index (χ0) is 13.7. The van der Waals surface area contributed by atoms with E-state index in [2.05, 4.69) is 35.1 Å². The Balaban J connectivity index is 1.89. The molecule has 0 heterocycles. The molecule has 0 aliphatic carbocycles. The number of hydrazine groups is 1. The number of nitrogens with one attached hydrogen (secondary N) is 2. The molecule has 4 heteroatoms. The SMILES string of the molecule is CC(C)OC(=O)NNCc1ccc2ccccc2c1. The molecule has 2 aromatic rings. The number of benzene rings is 2. The highest BCUT2D eigenvalue weighted by Gasteiger charge is 2.03. The van der Waals surface area contributed by atoms with E-state index < -0.39 is 6.09 Å². The van der Waals surface area contributed by atoms with Crippen LogP contribution in [0.25, 0.3) is 10.8 Å². The van der Waals surface area contributed by atoms with Crippen LogP contribution in [0.3, 0.4) is 0 Å². The molecule has 0 aliphatic heterocycles. The highest BCUT2D eigenvalue weighted by atomic mass is 16.6. The Bertz CT molecular complexity index is 567. The molecule has 100 valence electrons. The monoisotopic (exact) mass is 258 g/mol. The van der Waals surface area contributed by atoms with Gasteiger partial charge in [0.25, 0.3) is 0 Å². The fourth-order valence-corrected chi connectivity index (χ4v) is 1.81. The second kappa shape index (κ2) is 6.20. The average molecular weight is 258 g/mol. The first-order valence-electron chi connectivity index (χ1n) is 6.32. The Morgan fingerprint density at radius 1 is 1.16 bits per heavy atom. The van der Waals surface area contributed by atoms with Crippen LogP contribution in [0.1, 0.15) is 19.4 Å². The summed E-state index contributed by atoms with van der Waals surface area (Å²) in [5, 5.41) is 2.39. The van der Waals surface area contributed by atoms with E-state index in [-0.39, 0.29) is 6.10 Å². The summed E-state index contributed by atoms with van der Waals surface area (Å²) >= 11 is 0. The van der Waals surface area contributed by atoms with E-state index in [4.69, 9.17) is 4.74 Å². The number of carbonyl (C=O) groups excluding carboxylic acids is 1. The van der Waals surface area contributed by atoms with Gasteiger partial charge in [-0.3, -0.25) is 5.43 Å². The van der Waals surface area contributed by atoms with Crippen LogP contribution < -0.4 is 10.9 Å². The number of hydrogen-bond acceptors (Lipinski definition) is 3. The zero-order valence-electron chi connectivity index (χ0n) is 11.1. The largest absolute Gasteiger partial charge is 0.446 e. The van der Waals surface area contributed by atoms with Crippen molar-refractivity contribution in [3.63, 3.8) is 0 Å². The van der Waals surface area contributed by atoms with E-state index in [1.54, 1.807) is 0 Å². The lowest BCUT2D eigenvalue weighted by Crippen LogP contribution is -2.38. The summed E-state index contributed by atoms with van der Waals surface area (Å²) in [6, 6.07) is 14.4. The molecule has 19 heavy (non-hydrogen) atoms. The molecule has 0 radical (unpaired) electrons. The van der Waals surface area contributed by atoms with Crippen LogP contribution in [0, 0.1) is 0 Å². The van der Waals surface area contributed by atoms with Crippen molar-refractivity contribution in [1.29, 1.82) is 0 Å². The number of ether oxygens (including phenoxy) is 1. The van der Waals surface area contributed by atoms with Gasteiger partial charge in [0.05, 0.1) is 6.10 Å². The second-order valence-corrected chi connectivity index (χ2v) is 4.61. The van der Waals surface area contributed by atoms with Gasteiger partial charge in [-0.2, -0.15) is 0 Å². The van der Waals surface area contributed by atoms with Crippen molar-refractivity contribution >= 4 is 16.9 Å². The third-order valence-corrected chi connectivity index (χ3v) is 2.64. The van der Waals surface area contributed by atoms with Gasteiger partial charge in [-0.1, -0.05) is 36.4 Å². The van der Waals surface area contributed by atoms with Gasteiger partial charge < -0.3 is 4.74 Å². The lowest BCUT2D eigenvalue weighted by molar-refractivity contribution is 0.111. The fourth-order valence-electron chi connectivity index (χ4n) is 1.81. The highest BCUT2D eigenvalue weighted by molar-refractivity contribution is 5.82. The standard InChI is InChI=1S/C15H18N2O2/c1-11(2)19-15(18)17-16-10-12-7-8-13-5-3-4-6-14(13)9-12/h3-9,11,16H,10H2,1-2H3,(H,17,18). The number of fused-ring (bicyclic) bond motifs is 1. The maximum Gasteiger partial charge on any atom is 0.421 e. The van der Waals surface area contributed by atoms with Crippen LogP contribution in [0.5, 0.6) is 0 Å². The summed E-state index contributed by atoms with van der Waals surface area (Å²) in [7, 11) is 0. The summed E-state index contributed by atoms with van der Waals surface area (Å²) in [4.78, 5) is 11.3. The smallest absolute Gasteiger partial charge is 0.421 e. The molecule has 2 aromatic carbocycles. The topological polar surface area (TPSA) is 50.4 Å². The van der Waals surface area contributed by atoms with Crippen molar-refractivity contribution in [1.82, 2.24) is 10.9 Å². The van der Waals surface area contributed by atoms with Crippen molar-refractivity contribution < 1.29 is 9.53 Å². The predicted octanol–water partition coefficient (Wildman–Crippen LogP) is 2.98. The van der Waals surface area contributed by atoms with Crippen molar-refractivity contribution in [2.24, 2.45) is 0 Å². The van der Waals surface area contributed by atoms with E-state index in [0.717, 1.165) is 5.56 Å². The number of amides is 1. The number of rotatable bonds is 4. The Kier molecular flexibility index (Phi) is 4.36. The van der Waals surface area contributed by atoms with E-state index in [0.29, 0.717) is 6.54 Å². The van der Waals surface area contributed by atoms with Crippen molar-refractivity contribution in [3.05, 3.63) is 48.0 Å². The average Bonchev–Trinajstić information content (AvgIpc) is 2.37. The Hall–Kier alpha value is -2.07. The van der Waals surface area contributed by atoms with Crippen LogP contribution in [0.4, 0.5) is 4.79 Å². The van der Waals surface area contributed by atoms with Crippen molar-refractivity contribution in [2.75, 3.05) is 0 Å². The summed E-state index contributed by atoms with van der Waals surface area (Å²) in [5.41, 5.74) is 6.45. The van der Waals surface area contributed by atoms with Gasteiger partial charge in [0.2, 0.25) is 0 Å². The highest BCUT2D eigenvalue weighted by Crippen LogP contribution is 2.15. The van der Waals surface area contributed by atoms with E-state index in [1.165, 1.54) is 10.8 Å². The van der Waals surface area contributed by atoms with E-state index in [1.807, 2.05) is 32.0 Å². The maximum absolute atomic E-state index is 11.3. The van der Waals surface area contributed by atoms with Crippen LogP contribution in [0.15, 0.2) is 42.5 Å². The summed E-state index contributed by atoms with van der Waals surface area (Å²) < 4.78 is 4.95. The Morgan fingerprint density at radius 2 is 1.89 bits per heavy atom. The van der Waals surface area contributed by atoms with Crippen molar-refractivity contribution in [2.45, 2.75) is 26.5 Å². The maximum atomic E-state index is 11.3. The molecule has 0 unspecified atom stereocenters. The van der Waals surface area contributed by atoms with Gasteiger partial charge in [-0.25, -0.2) is 10.2 Å². The van der Waals surface area contributed by atoms with Gasteiger partial charge in [0.1, 0.15) is 0 Å². The molecule has 1 amide bonds. The third-order valence-electron chi connectivity index (χ3n) is 2.64.